The Morgan fingerprint density at radius 2 is 0.843 bits per heavy atom. The van der Waals surface area contributed by atoms with E-state index in [2.05, 4.69) is 217 Å². The van der Waals surface area contributed by atoms with Crippen LogP contribution in [0.15, 0.2) is 186 Å². The molecule has 8 aromatic rings. The number of hydrogen-bond acceptors (Lipinski definition) is 1. The minimum atomic E-state index is -0.179. The molecular weight excluding hydrogens is 682 g/mol. The van der Waals surface area contributed by atoms with Crippen LogP contribution >= 0.6 is 15.9 Å². The molecule has 9 rings (SSSR count). The SMILES string of the molecule is CC1(C)c2cc(-c3cccc4c(Br)cccc34)ccc2-c2ccc(N(c3ccc(-c4ccccc4)cc3)c3ccc(-c4ccccc4)cc3)cc21. The van der Waals surface area contributed by atoms with Crippen LogP contribution in [0.25, 0.3) is 55.3 Å². The zero-order valence-electron chi connectivity index (χ0n) is 28.6. The van der Waals surface area contributed by atoms with Gasteiger partial charge in [-0.05, 0) is 115 Å². The van der Waals surface area contributed by atoms with Crippen LogP contribution in [0.3, 0.4) is 0 Å². The summed E-state index contributed by atoms with van der Waals surface area (Å²) < 4.78 is 1.12. The monoisotopic (exact) mass is 717 g/mol. The van der Waals surface area contributed by atoms with E-state index in [1.54, 1.807) is 0 Å². The molecule has 0 radical (unpaired) electrons. The minimum Gasteiger partial charge on any atom is -0.310 e. The van der Waals surface area contributed by atoms with E-state index < -0.39 is 0 Å². The molecule has 1 aliphatic rings. The summed E-state index contributed by atoms with van der Waals surface area (Å²) in [6.07, 6.45) is 0. The summed E-state index contributed by atoms with van der Waals surface area (Å²) in [6.45, 7) is 4.75. The van der Waals surface area contributed by atoms with Crippen LogP contribution in [0.4, 0.5) is 17.1 Å². The second-order valence-corrected chi connectivity index (χ2v) is 14.8. The Bertz CT molecular complexity index is 2450. The zero-order valence-corrected chi connectivity index (χ0v) is 30.2. The second-order valence-electron chi connectivity index (χ2n) is 13.9. The smallest absolute Gasteiger partial charge is 0.0465 e. The summed E-state index contributed by atoms with van der Waals surface area (Å²) in [5.74, 6) is 0. The number of hydrogen-bond donors (Lipinski definition) is 0. The average molecular weight is 719 g/mol. The van der Waals surface area contributed by atoms with Crippen molar-refractivity contribution >= 4 is 43.8 Å². The van der Waals surface area contributed by atoms with Gasteiger partial charge in [-0.25, -0.2) is 0 Å². The van der Waals surface area contributed by atoms with Gasteiger partial charge in [0.15, 0.2) is 0 Å². The van der Waals surface area contributed by atoms with Gasteiger partial charge < -0.3 is 4.90 Å². The predicted octanol–water partition coefficient (Wildman–Crippen LogP) is 14.4. The first-order valence-electron chi connectivity index (χ1n) is 17.5. The number of nitrogens with zero attached hydrogens (tertiary/aromatic N) is 1. The van der Waals surface area contributed by atoms with E-state index in [1.165, 1.54) is 66.4 Å². The molecule has 1 aliphatic carbocycles. The molecular formula is C49H36BrN. The molecule has 244 valence electrons. The van der Waals surface area contributed by atoms with Crippen molar-refractivity contribution in [3.8, 4) is 44.5 Å². The summed E-state index contributed by atoms with van der Waals surface area (Å²) in [5.41, 5.74) is 15.9. The quantitative estimate of drug-likeness (QED) is 0.165. The van der Waals surface area contributed by atoms with Crippen LogP contribution in [-0.2, 0) is 5.41 Å². The van der Waals surface area contributed by atoms with Gasteiger partial charge in [-0.1, -0.05) is 163 Å². The summed E-state index contributed by atoms with van der Waals surface area (Å²) in [5, 5.41) is 2.49. The van der Waals surface area contributed by atoms with Gasteiger partial charge in [-0.3, -0.25) is 0 Å². The standard InChI is InChI=1S/C49H36BrN/c1-49(2)46-31-37(41-15-9-17-45-42(41)16-10-18-48(45)50)23-29-43(46)44-30-28-40(32-47(44)49)51(38-24-19-35(20-25-38)33-11-5-3-6-12-33)39-26-21-36(22-27-39)34-13-7-4-8-14-34/h3-32H,1-2H3. The molecule has 0 amide bonds. The van der Waals surface area contributed by atoms with Crippen molar-refractivity contribution in [1.29, 1.82) is 0 Å². The summed E-state index contributed by atoms with van der Waals surface area (Å²) in [7, 11) is 0. The van der Waals surface area contributed by atoms with Gasteiger partial charge in [0.05, 0.1) is 0 Å². The van der Waals surface area contributed by atoms with Crippen LogP contribution in [-0.4, -0.2) is 0 Å². The maximum Gasteiger partial charge on any atom is 0.0465 e. The van der Waals surface area contributed by atoms with Gasteiger partial charge in [0, 0.05) is 26.9 Å². The minimum absolute atomic E-state index is 0.179. The highest BCUT2D eigenvalue weighted by atomic mass is 79.9. The maximum absolute atomic E-state index is 3.77. The third-order valence-electron chi connectivity index (χ3n) is 10.6. The Hall–Kier alpha value is -5.70. The zero-order chi connectivity index (χ0) is 34.5. The van der Waals surface area contributed by atoms with Crippen molar-refractivity contribution < 1.29 is 0 Å². The van der Waals surface area contributed by atoms with Crippen molar-refractivity contribution in [3.63, 3.8) is 0 Å². The molecule has 0 aliphatic heterocycles. The predicted molar refractivity (Wildman–Crippen MR) is 220 cm³/mol. The fourth-order valence-corrected chi connectivity index (χ4v) is 8.37. The lowest BCUT2D eigenvalue weighted by atomic mass is 9.81. The Morgan fingerprint density at radius 3 is 1.45 bits per heavy atom. The molecule has 0 atom stereocenters. The van der Waals surface area contributed by atoms with Gasteiger partial charge in [0.25, 0.3) is 0 Å². The molecule has 0 saturated heterocycles. The largest absolute Gasteiger partial charge is 0.310 e. The highest BCUT2D eigenvalue weighted by Gasteiger charge is 2.36. The summed E-state index contributed by atoms with van der Waals surface area (Å²) in [6, 6.07) is 66.2. The van der Waals surface area contributed by atoms with Crippen molar-refractivity contribution in [1.82, 2.24) is 0 Å². The fourth-order valence-electron chi connectivity index (χ4n) is 7.87. The van der Waals surface area contributed by atoms with E-state index in [4.69, 9.17) is 0 Å². The highest BCUT2D eigenvalue weighted by molar-refractivity contribution is 9.10. The molecule has 1 nitrogen and oxygen atoms in total. The Morgan fingerprint density at radius 1 is 0.373 bits per heavy atom. The molecule has 0 heterocycles. The van der Waals surface area contributed by atoms with Crippen molar-refractivity contribution in [3.05, 3.63) is 198 Å². The third-order valence-corrected chi connectivity index (χ3v) is 11.3. The lowest BCUT2D eigenvalue weighted by molar-refractivity contribution is 0.660. The fraction of sp³-hybridized carbons (Fsp3) is 0.0612. The van der Waals surface area contributed by atoms with E-state index in [0.29, 0.717) is 0 Å². The first-order chi connectivity index (χ1) is 25.0. The number of halogens is 1. The van der Waals surface area contributed by atoms with Crippen LogP contribution in [0, 0.1) is 0 Å². The molecule has 2 heteroatoms. The number of anilines is 3. The topological polar surface area (TPSA) is 3.24 Å². The van der Waals surface area contributed by atoms with E-state index >= 15 is 0 Å². The van der Waals surface area contributed by atoms with Gasteiger partial charge in [0.2, 0.25) is 0 Å². The Labute approximate surface area is 308 Å². The van der Waals surface area contributed by atoms with E-state index in [9.17, 15) is 0 Å². The molecule has 8 aromatic carbocycles. The summed E-state index contributed by atoms with van der Waals surface area (Å²) >= 11 is 3.77. The molecule has 51 heavy (non-hydrogen) atoms. The van der Waals surface area contributed by atoms with E-state index in [0.717, 1.165) is 21.5 Å². The van der Waals surface area contributed by atoms with Gasteiger partial charge in [0.1, 0.15) is 0 Å². The number of benzene rings is 8. The molecule has 0 unspecified atom stereocenters. The van der Waals surface area contributed by atoms with Gasteiger partial charge in [-0.2, -0.15) is 0 Å². The van der Waals surface area contributed by atoms with Gasteiger partial charge in [-0.15, -0.1) is 0 Å². The lowest BCUT2D eigenvalue weighted by Gasteiger charge is -2.28. The first kappa shape index (κ1) is 31.3. The van der Waals surface area contributed by atoms with Crippen LogP contribution in [0.1, 0.15) is 25.0 Å². The summed E-state index contributed by atoms with van der Waals surface area (Å²) in [4.78, 5) is 2.39. The van der Waals surface area contributed by atoms with E-state index in [-0.39, 0.29) is 5.41 Å². The first-order valence-corrected chi connectivity index (χ1v) is 18.3. The molecule has 0 spiro atoms. The molecule has 0 fully saturated rings. The van der Waals surface area contributed by atoms with Crippen molar-refractivity contribution in [2.75, 3.05) is 4.90 Å². The molecule has 0 aromatic heterocycles. The maximum atomic E-state index is 3.77. The van der Waals surface area contributed by atoms with Crippen molar-refractivity contribution in [2.24, 2.45) is 0 Å². The average Bonchev–Trinajstić information content (AvgIpc) is 3.41. The Balaban J connectivity index is 1.13. The molecule has 0 saturated carbocycles. The van der Waals surface area contributed by atoms with Crippen LogP contribution in [0.2, 0.25) is 0 Å². The molecule has 0 bridgehead atoms. The van der Waals surface area contributed by atoms with Gasteiger partial charge >= 0.3 is 0 Å². The number of rotatable bonds is 6. The van der Waals surface area contributed by atoms with Crippen LogP contribution < -0.4 is 4.90 Å². The lowest BCUT2D eigenvalue weighted by Crippen LogP contribution is -2.16. The molecule has 0 N–H and O–H groups in total. The third kappa shape index (κ3) is 5.48. The van der Waals surface area contributed by atoms with E-state index in [1.807, 2.05) is 0 Å². The highest BCUT2D eigenvalue weighted by Crippen LogP contribution is 2.52. The van der Waals surface area contributed by atoms with Crippen LogP contribution in [0.5, 0.6) is 0 Å². The Kier molecular flexibility index (Phi) is 7.71. The van der Waals surface area contributed by atoms with Crippen molar-refractivity contribution in [2.45, 2.75) is 19.3 Å². The number of fused-ring (bicyclic) bond motifs is 4. The normalized spacial score (nSPS) is 12.8. The second kappa shape index (κ2) is 12.6.